The molecule has 0 aromatic heterocycles. The Hall–Kier alpha value is -2.14. The molecule has 0 saturated carbocycles. The number of hydrogen-bond donors (Lipinski definition) is 1. The number of ether oxygens (including phenoxy) is 2. The number of allylic oxidation sites excluding steroid dienone is 8. The molecule has 0 aromatic rings. The van der Waals surface area contributed by atoms with Gasteiger partial charge >= 0.3 is 11.9 Å². The molecule has 0 saturated heterocycles. The minimum absolute atomic E-state index is 0.0625. The van der Waals surface area contributed by atoms with E-state index < -0.39 is 6.10 Å². The van der Waals surface area contributed by atoms with Crippen molar-refractivity contribution in [2.75, 3.05) is 13.2 Å². The molecule has 0 amide bonds. The van der Waals surface area contributed by atoms with Crippen molar-refractivity contribution < 1.29 is 24.2 Å². The van der Waals surface area contributed by atoms with Crippen molar-refractivity contribution >= 4 is 11.9 Å². The van der Waals surface area contributed by atoms with E-state index in [1.165, 1.54) is 148 Å². The minimum atomic E-state index is -0.764. The third-order valence-electron chi connectivity index (χ3n) is 10.4. The molecule has 1 N–H and O–H groups in total. The molecule has 320 valence electrons. The average molecular weight is 771 g/mol. The number of aliphatic hydroxyl groups is 1. The quantitative estimate of drug-likeness (QED) is 0.0380. The van der Waals surface area contributed by atoms with E-state index in [2.05, 4.69) is 62.5 Å². The summed E-state index contributed by atoms with van der Waals surface area (Å²) in [6, 6.07) is 0. The van der Waals surface area contributed by atoms with Gasteiger partial charge in [-0.25, -0.2) is 0 Å². The zero-order valence-corrected chi connectivity index (χ0v) is 36.4. The molecule has 0 spiro atoms. The van der Waals surface area contributed by atoms with Gasteiger partial charge in [-0.1, -0.05) is 223 Å². The second-order valence-electron chi connectivity index (χ2n) is 15.8. The zero-order valence-electron chi connectivity index (χ0n) is 36.4. The first-order valence-corrected chi connectivity index (χ1v) is 23.7. The predicted octanol–water partition coefficient (Wildman–Crippen LogP) is 15.4. The Bertz CT molecular complexity index is 919. The fraction of sp³-hybridized carbons (Fsp3) is 0.800. The van der Waals surface area contributed by atoms with Gasteiger partial charge in [0, 0.05) is 12.8 Å². The van der Waals surface area contributed by atoms with E-state index in [-0.39, 0.29) is 25.2 Å². The normalized spacial score (nSPS) is 12.6. The molecule has 1 unspecified atom stereocenters. The first-order chi connectivity index (χ1) is 27.1. The summed E-state index contributed by atoms with van der Waals surface area (Å²) in [5, 5.41) is 9.51. The van der Waals surface area contributed by atoms with Gasteiger partial charge in [0.1, 0.15) is 6.61 Å². The van der Waals surface area contributed by atoms with E-state index >= 15 is 0 Å². The van der Waals surface area contributed by atoms with Crippen LogP contribution < -0.4 is 0 Å². The Morgan fingerprint density at radius 2 is 0.782 bits per heavy atom. The van der Waals surface area contributed by atoms with E-state index in [9.17, 15) is 14.7 Å². The predicted molar refractivity (Wildman–Crippen MR) is 237 cm³/mol. The lowest BCUT2D eigenvalue weighted by Gasteiger charge is -2.15. The van der Waals surface area contributed by atoms with Crippen LogP contribution in [0.15, 0.2) is 48.6 Å². The Labute approximate surface area is 341 Å². The lowest BCUT2D eigenvalue weighted by molar-refractivity contribution is -0.161. The van der Waals surface area contributed by atoms with Gasteiger partial charge in [-0.15, -0.1) is 0 Å². The Morgan fingerprint density at radius 3 is 1.18 bits per heavy atom. The summed E-state index contributed by atoms with van der Waals surface area (Å²) in [6.45, 7) is 3.97. The van der Waals surface area contributed by atoms with Crippen LogP contribution in [0.5, 0.6) is 0 Å². The fourth-order valence-corrected chi connectivity index (χ4v) is 6.84. The Morgan fingerprint density at radius 1 is 0.436 bits per heavy atom. The second-order valence-corrected chi connectivity index (χ2v) is 15.8. The van der Waals surface area contributed by atoms with Crippen molar-refractivity contribution in [2.24, 2.45) is 0 Å². The number of aliphatic hydroxyl groups excluding tert-OH is 1. The molecule has 1 atom stereocenters. The van der Waals surface area contributed by atoms with Gasteiger partial charge in [0.05, 0.1) is 6.61 Å². The van der Waals surface area contributed by atoms with Gasteiger partial charge in [-0.05, 0) is 51.4 Å². The van der Waals surface area contributed by atoms with Crippen LogP contribution in [0.2, 0.25) is 0 Å². The molecule has 0 rings (SSSR count). The molecule has 0 aromatic carbocycles. The number of rotatable bonds is 43. The van der Waals surface area contributed by atoms with Crippen LogP contribution in [0.1, 0.15) is 239 Å². The first kappa shape index (κ1) is 52.9. The number of carbonyl (C=O) groups excluding carboxylic acids is 2. The molecule has 0 bridgehead atoms. The van der Waals surface area contributed by atoms with Crippen LogP contribution >= 0.6 is 0 Å². The highest BCUT2D eigenvalue weighted by atomic mass is 16.6. The summed E-state index contributed by atoms with van der Waals surface area (Å²) in [7, 11) is 0. The number of hydrogen-bond acceptors (Lipinski definition) is 5. The molecule has 0 heterocycles. The van der Waals surface area contributed by atoms with Crippen LogP contribution in [-0.4, -0.2) is 36.4 Å². The highest BCUT2D eigenvalue weighted by Crippen LogP contribution is 2.16. The van der Waals surface area contributed by atoms with E-state index in [4.69, 9.17) is 9.47 Å². The Balaban J connectivity index is 3.36. The number of unbranched alkanes of at least 4 members (excludes halogenated alkanes) is 27. The van der Waals surface area contributed by atoms with Crippen LogP contribution in [-0.2, 0) is 19.1 Å². The molecule has 55 heavy (non-hydrogen) atoms. The molecule has 0 fully saturated rings. The summed E-state index contributed by atoms with van der Waals surface area (Å²) in [4.78, 5) is 24.1. The summed E-state index contributed by atoms with van der Waals surface area (Å²) in [5.74, 6) is -0.592. The van der Waals surface area contributed by atoms with Crippen LogP contribution in [0.3, 0.4) is 0 Å². The molecule has 0 aliphatic rings. The van der Waals surface area contributed by atoms with E-state index in [1.807, 2.05) is 0 Å². The standard InChI is InChI=1S/C50H90O5/c1-3-5-7-9-11-12-13-14-15-16-17-18-19-20-21-22-23-24-25-26-27-28-29-30-31-32-33-34-35-36-37-38-39-41-43-45-50(53)55-48(46-51)47-54-49(52)44-42-40-10-8-6-4-2/h5,7,11-12,14-15,17-18,48,51H,3-4,6,8-10,13,16,19-47H2,1-2H3/b7-5-,12-11-,15-14-,18-17-. The van der Waals surface area contributed by atoms with Crippen molar-refractivity contribution in [3.63, 3.8) is 0 Å². The van der Waals surface area contributed by atoms with Crippen LogP contribution in [0.4, 0.5) is 0 Å². The topological polar surface area (TPSA) is 72.8 Å². The first-order valence-electron chi connectivity index (χ1n) is 23.7. The molecule has 0 radical (unpaired) electrons. The second kappa shape index (κ2) is 46.2. The Kier molecular flexibility index (Phi) is 44.4. The zero-order chi connectivity index (χ0) is 40.0. The maximum absolute atomic E-state index is 12.2. The van der Waals surface area contributed by atoms with Crippen LogP contribution in [0.25, 0.3) is 0 Å². The van der Waals surface area contributed by atoms with Gasteiger partial charge in [0.2, 0.25) is 0 Å². The molecular formula is C50H90O5. The average Bonchev–Trinajstić information content (AvgIpc) is 3.19. The van der Waals surface area contributed by atoms with Crippen molar-refractivity contribution in [1.82, 2.24) is 0 Å². The summed E-state index contributed by atoms with van der Waals surface area (Å²) < 4.78 is 10.5. The SMILES string of the molecule is CC/C=C\C/C=C\C/C=C\C/C=C\CCCCCCCCCCCCCCCCCCCCCCCCC(=O)OC(CO)COC(=O)CCCCCCCC. The lowest BCUT2D eigenvalue weighted by Crippen LogP contribution is -2.28. The highest BCUT2D eigenvalue weighted by molar-refractivity contribution is 5.70. The summed E-state index contributed by atoms with van der Waals surface area (Å²) in [6.07, 6.45) is 59.7. The maximum atomic E-state index is 12.2. The van der Waals surface area contributed by atoms with Gasteiger partial charge in [0.15, 0.2) is 6.10 Å². The molecule has 5 nitrogen and oxygen atoms in total. The van der Waals surface area contributed by atoms with Crippen molar-refractivity contribution in [1.29, 1.82) is 0 Å². The lowest BCUT2D eigenvalue weighted by atomic mass is 10.0. The fourth-order valence-electron chi connectivity index (χ4n) is 6.84. The van der Waals surface area contributed by atoms with Gasteiger partial charge in [-0.2, -0.15) is 0 Å². The van der Waals surface area contributed by atoms with Gasteiger partial charge < -0.3 is 14.6 Å². The third-order valence-corrected chi connectivity index (χ3v) is 10.4. The van der Waals surface area contributed by atoms with E-state index in [0.29, 0.717) is 12.8 Å². The summed E-state index contributed by atoms with van der Waals surface area (Å²) in [5.41, 5.74) is 0. The maximum Gasteiger partial charge on any atom is 0.306 e. The minimum Gasteiger partial charge on any atom is -0.462 e. The number of carbonyl (C=O) groups is 2. The van der Waals surface area contributed by atoms with Gasteiger partial charge in [0.25, 0.3) is 0 Å². The van der Waals surface area contributed by atoms with Crippen molar-refractivity contribution in [3.05, 3.63) is 48.6 Å². The monoisotopic (exact) mass is 771 g/mol. The smallest absolute Gasteiger partial charge is 0.306 e. The summed E-state index contributed by atoms with van der Waals surface area (Å²) >= 11 is 0. The van der Waals surface area contributed by atoms with Crippen LogP contribution in [0, 0.1) is 0 Å². The molecular weight excluding hydrogens is 681 g/mol. The largest absolute Gasteiger partial charge is 0.462 e. The van der Waals surface area contributed by atoms with Crippen molar-refractivity contribution in [3.8, 4) is 0 Å². The molecule has 0 aliphatic heterocycles. The number of esters is 2. The van der Waals surface area contributed by atoms with E-state index in [1.54, 1.807) is 0 Å². The highest BCUT2D eigenvalue weighted by Gasteiger charge is 2.16. The van der Waals surface area contributed by atoms with Gasteiger partial charge in [-0.3, -0.25) is 9.59 Å². The van der Waals surface area contributed by atoms with E-state index in [0.717, 1.165) is 64.2 Å². The molecule has 5 heteroatoms. The third kappa shape index (κ3) is 44.4. The van der Waals surface area contributed by atoms with Crippen molar-refractivity contribution in [2.45, 2.75) is 245 Å². The molecule has 0 aliphatic carbocycles.